The molecule has 1 aromatic carbocycles. The number of ether oxygens (including phenoxy) is 1. The van der Waals surface area contributed by atoms with Crippen molar-refractivity contribution in [1.29, 1.82) is 0 Å². The maximum atomic E-state index is 11.0. The molecule has 5 heteroatoms. The molecule has 0 saturated heterocycles. The Hall–Kier alpha value is -1.43. The lowest BCUT2D eigenvalue weighted by Gasteiger charge is -2.23. The van der Waals surface area contributed by atoms with Crippen molar-refractivity contribution >= 4 is 11.6 Å². The maximum absolute atomic E-state index is 11.0. The van der Waals surface area contributed by atoms with Gasteiger partial charge in [-0.05, 0) is 24.1 Å². The Morgan fingerprint density at radius 1 is 1.35 bits per heavy atom. The number of methoxy groups -OCH3 is 1. The molecule has 0 saturated carbocycles. The molecule has 2 unspecified atom stereocenters. The standard InChI is InChI=1S/C15H24N2O3/c1-4-14(16-9-10-20-3)15(19)12-5-7-13(8-6-12)17-11(2)18/h5-8,14-16,19H,4,9-10H2,1-3H3,(H,17,18). The van der Waals surface area contributed by atoms with Crippen LogP contribution in [0.3, 0.4) is 0 Å². The second-order valence-electron chi connectivity index (χ2n) is 4.71. The van der Waals surface area contributed by atoms with Gasteiger partial charge in [0, 0.05) is 32.3 Å². The fourth-order valence-corrected chi connectivity index (χ4v) is 2.02. The van der Waals surface area contributed by atoms with Crippen molar-refractivity contribution in [2.75, 3.05) is 25.6 Å². The number of carbonyl (C=O) groups is 1. The van der Waals surface area contributed by atoms with E-state index in [9.17, 15) is 9.90 Å². The predicted molar refractivity (Wildman–Crippen MR) is 79.7 cm³/mol. The molecule has 5 nitrogen and oxygen atoms in total. The molecule has 3 N–H and O–H groups in total. The van der Waals surface area contributed by atoms with E-state index in [1.54, 1.807) is 19.2 Å². The lowest BCUT2D eigenvalue weighted by Crippen LogP contribution is -2.36. The minimum Gasteiger partial charge on any atom is -0.387 e. The molecule has 0 heterocycles. The average molecular weight is 280 g/mol. The lowest BCUT2D eigenvalue weighted by atomic mass is 10.00. The first-order valence-corrected chi connectivity index (χ1v) is 6.86. The van der Waals surface area contributed by atoms with Gasteiger partial charge in [-0.3, -0.25) is 4.79 Å². The topological polar surface area (TPSA) is 70.6 Å². The number of anilines is 1. The summed E-state index contributed by atoms with van der Waals surface area (Å²) in [6.45, 7) is 4.82. The minimum absolute atomic E-state index is 0.0169. The van der Waals surface area contributed by atoms with E-state index >= 15 is 0 Å². The highest BCUT2D eigenvalue weighted by Gasteiger charge is 2.18. The Morgan fingerprint density at radius 2 is 2.00 bits per heavy atom. The smallest absolute Gasteiger partial charge is 0.221 e. The summed E-state index contributed by atoms with van der Waals surface area (Å²) in [5.74, 6) is -0.106. The van der Waals surface area contributed by atoms with E-state index in [-0.39, 0.29) is 11.9 Å². The quantitative estimate of drug-likeness (QED) is 0.634. The molecule has 0 aliphatic rings. The second kappa shape index (κ2) is 8.68. The molecule has 1 aromatic rings. The summed E-state index contributed by atoms with van der Waals surface area (Å²) in [4.78, 5) is 11.0. The average Bonchev–Trinajstić information content (AvgIpc) is 2.43. The molecule has 1 amide bonds. The van der Waals surface area contributed by atoms with Crippen LogP contribution in [0.2, 0.25) is 0 Å². The van der Waals surface area contributed by atoms with Crippen molar-refractivity contribution in [3.8, 4) is 0 Å². The summed E-state index contributed by atoms with van der Waals surface area (Å²) >= 11 is 0. The third kappa shape index (κ3) is 5.28. The molecular weight excluding hydrogens is 256 g/mol. The molecule has 0 aromatic heterocycles. The Balaban J connectivity index is 2.64. The molecule has 0 fully saturated rings. The first-order chi connectivity index (χ1) is 9.58. The number of hydrogen-bond donors (Lipinski definition) is 3. The first-order valence-electron chi connectivity index (χ1n) is 6.86. The van der Waals surface area contributed by atoms with Crippen LogP contribution < -0.4 is 10.6 Å². The van der Waals surface area contributed by atoms with Crippen molar-refractivity contribution in [1.82, 2.24) is 5.32 Å². The zero-order chi connectivity index (χ0) is 15.0. The highest BCUT2D eigenvalue weighted by atomic mass is 16.5. The van der Waals surface area contributed by atoms with Crippen molar-refractivity contribution in [3.05, 3.63) is 29.8 Å². The van der Waals surface area contributed by atoms with Crippen LogP contribution in [0.1, 0.15) is 31.9 Å². The summed E-state index contributed by atoms with van der Waals surface area (Å²) in [6, 6.07) is 7.23. The monoisotopic (exact) mass is 280 g/mol. The largest absolute Gasteiger partial charge is 0.387 e. The van der Waals surface area contributed by atoms with Crippen LogP contribution in [0.25, 0.3) is 0 Å². The number of benzene rings is 1. The summed E-state index contributed by atoms with van der Waals surface area (Å²) in [7, 11) is 1.65. The minimum atomic E-state index is -0.580. The van der Waals surface area contributed by atoms with Gasteiger partial charge in [-0.2, -0.15) is 0 Å². The third-order valence-corrected chi connectivity index (χ3v) is 3.11. The van der Waals surface area contributed by atoms with Crippen molar-refractivity contribution in [3.63, 3.8) is 0 Å². The molecule has 1 rings (SSSR count). The maximum Gasteiger partial charge on any atom is 0.221 e. The van der Waals surface area contributed by atoms with Gasteiger partial charge in [0.2, 0.25) is 5.91 Å². The lowest BCUT2D eigenvalue weighted by molar-refractivity contribution is -0.114. The summed E-state index contributed by atoms with van der Waals surface area (Å²) in [5, 5.41) is 16.3. The number of nitrogens with one attached hydrogen (secondary N) is 2. The second-order valence-corrected chi connectivity index (χ2v) is 4.71. The molecule has 0 aliphatic heterocycles. The van der Waals surface area contributed by atoms with Crippen molar-refractivity contribution < 1.29 is 14.6 Å². The number of amides is 1. The van der Waals surface area contributed by atoms with E-state index in [0.717, 1.165) is 17.7 Å². The van der Waals surface area contributed by atoms with Crippen molar-refractivity contribution in [2.45, 2.75) is 32.4 Å². The first kappa shape index (κ1) is 16.6. The van der Waals surface area contributed by atoms with Gasteiger partial charge in [0.15, 0.2) is 0 Å². The van der Waals surface area contributed by atoms with Crippen molar-refractivity contribution in [2.24, 2.45) is 0 Å². The molecule has 0 aliphatic carbocycles. The van der Waals surface area contributed by atoms with Gasteiger partial charge >= 0.3 is 0 Å². The van der Waals surface area contributed by atoms with E-state index in [2.05, 4.69) is 10.6 Å². The van der Waals surface area contributed by atoms with E-state index in [1.807, 2.05) is 19.1 Å². The number of hydrogen-bond acceptors (Lipinski definition) is 4. The molecule has 0 radical (unpaired) electrons. The van der Waals surface area contributed by atoms with Crippen LogP contribution in [0.4, 0.5) is 5.69 Å². The Kier molecular flexibility index (Phi) is 7.22. The highest BCUT2D eigenvalue weighted by molar-refractivity contribution is 5.88. The number of rotatable bonds is 8. The van der Waals surface area contributed by atoms with E-state index in [4.69, 9.17) is 4.74 Å². The van der Waals surface area contributed by atoms with E-state index in [1.165, 1.54) is 6.92 Å². The highest BCUT2D eigenvalue weighted by Crippen LogP contribution is 2.20. The summed E-state index contributed by atoms with van der Waals surface area (Å²) < 4.78 is 4.99. The van der Waals surface area contributed by atoms with E-state index in [0.29, 0.717) is 13.2 Å². The Labute approximate surface area is 120 Å². The van der Waals surface area contributed by atoms with Gasteiger partial charge in [-0.1, -0.05) is 19.1 Å². The van der Waals surface area contributed by atoms with Gasteiger partial charge in [-0.15, -0.1) is 0 Å². The normalized spacial score (nSPS) is 13.8. The van der Waals surface area contributed by atoms with Gasteiger partial charge < -0.3 is 20.5 Å². The Bertz CT molecular complexity index is 406. The summed E-state index contributed by atoms with van der Waals surface area (Å²) in [6.07, 6.45) is 0.237. The van der Waals surface area contributed by atoms with Crippen LogP contribution >= 0.6 is 0 Å². The van der Waals surface area contributed by atoms with Gasteiger partial charge in [0.05, 0.1) is 12.7 Å². The zero-order valence-electron chi connectivity index (χ0n) is 12.3. The molecular formula is C15H24N2O3. The number of carbonyl (C=O) groups excluding carboxylic acids is 1. The fraction of sp³-hybridized carbons (Fsp3) is 0.533. The third-order valence-electron chi connectivity index (χ3n) is 3.11. The Morgan fingerprint density at radius 3 is 2.50 bits per heavy atom. The van der Waals surface area contributed by atoms with Gasteiger partial charge in [0.1, 0.15) is 0 Å². The fourth-order valence-electron chi connectivity index (χ4n) is 2.02. The number of aliphatic hydroxyl groups is 1. The molecule has 20 heavy (non-hydrogen) atoms. The summed E-state index contributed by atoms with van der Waals surface area (Å²) in [5.41, 5.74) is 1.56. The van der Waals surface area contributed by atoms with Crippen LogP contribution in [0.15, 0.2) is 24.3 Å². The predicted octanol–water partition coefficient (Wildman–Crippen LogP) is 1.69. The zero-order valence-corrected chi connectivity index (χ0v) is 12.3. The van der Waals surface area contributed by atoms with Gasteiger partial charge in [0.25, 0.3) is 0 Å². The number of aliphatic hydroxyl groups excluding tert-OH is 1. The van der Waals surface area contributed by atoms with Crippen LogP contribution in [0.5, 0.6) is 0 Å². The van der Waals surface area contributed by atoms with E-state index < -0.39 is 6.10 Å². The van der Waals surface area contributed by atoms with Crippen LogP contribution in [-0.2, 0) is 9.53 Å². The molecule has 2 atom stereocenters. The SMILES string of the molecule is CCC(NCCOC)C(O)c1ccc(NC(C)=O)cc1. The van der Waals surface area contributed by atoms with Gasteiger partial charge in [-0.25, -0.2) is 0 Å². The molecule has 0 spiro atoms. The molecule has 0 bridgehead atoms. The molecule has 112 valence electrons. The van der Waals surface area contributed by atoms with Crippen LogP contribution in [-0.4, -0.2) is 37.3 Å². The van der Waals surface area contributed by atoms with Crippen LogP contribution in [0, 0.1) is 0 Å².